The van der Waals surface area contributed by atoms with E-state index in [9.17, 15) is 18.0 Å². The first-order valence-corrected chi connectivity index (χ1v) is 10.8. The Morgan fingerprint density at radius 3 is 2.59 bits per heavy atom. The zero-order valence-electron chi connectivity index (χ0n) is 15.7. The smallest absolute Gasteiger partial charge is 0.272 e. The zero-order valence-corrected chi connectivity index (χ0v) is 16.5. The minimum Gasteiger partial charge on any atom is -0.378 e. The van der Waals surface area contributed by atoms with E-state index in [1.54, 1.807) is 18.9 Å². The molecule has 1 fully saturated rings. The van der Waals surface area contributed by atoms with Crippen molar-refractivity contribution in [3.8, 4) is 0 Å². The fraction of sp³-hybridized carbons (Fsp3) is 0.706. The van der Waals surface area contributed by atoms with Gasteiger partial charge in [-0.1, -0.05) is 6.42 Å². The van der Waals surface area contributed by atoms with Crippen LogP contribution in [0.5, 0.6) is 0 Å². The van der Waals surface area contributed by atoms with E-state index in [1.807, 2.05) is 0 Å². The Morgan fingerprint density at radius 2 is 2.00 bits per heavy atom. The van der Waals surface area contributed by atoms with Gasteiger partial charge in [0.25, 0.3) is 11.8 Å². The summed E-state index contributed by atoms with van der Waals surface area (Å²) in [5.41, 5.74) is 6.53. The predicted octanol–water partition coefficient (Wildman–Crippen LogP) is -0.109. The second-order valence-electron chi connectivity index (χ2n) is 7.53. The quantitative estimate of drug-likeness (QED) is 0.609. The molecule has 3 rings (SSSR count). The molecule has 1 aromatic rings. The van der Waals surface area contributed by atoms with Gasteiger partial charge in [0, 0.05) is 25.7 Å². The van der Waals surface area contributed by atoms with Crippen LogP contribution in [-0.4, -0.2) is 71.7 Å². The average Bonchev–Trinajstić information content (AvgIpc) is 2.91. The van der Waals surface area contributed by atoms with E-state index >= 15 is 0 Å². The maximum Gasteiger partial charge on any atom is 0.272 e. The van der Waals surface area contributed by atoms with Crippen LogP contribution in [0.4, 0.5) is 0 Å². The molecule has 2 amide bonds. The van der Waals surface area contributed by atoms with Gasteiger partial charge in [-0.25, -0.2) is 8.42 Å². The van der Waals surface area contributed by atoms with E-state index in [1.165, 1.54) is 4.68 Å². The number of sulfone groups is 1. The van der Waals surface area contributed by atoms with Gasteiger partial charge in [-0.05, 0) is 26.2 Å². The molecule has 0 radical (unpaired) electrons. The lowest BCUT2D eigenvalue weighted by Crippen LogP contribution is -2.54. The van der Waals surface area contributed by atoms with E-state index in [4.69, 9.17) is 10.5 Å². The van der Waals surface area contributed by atoms with E-state index in [0.29, 0.717) is 37.2 Å². The maximum absolute atomic E-state index is 12.7. The number of nitrogens with zero attached hydrogens (tertiary/aromatic N) is 3. The molecule has 0 aliphatic carbocycles. The number of rotatable bonds is 8. The van der Waals surface area contributed by atoms with Gasteiger partial charge in [0.15, 0.2) is 15.5 Å². The van der Waals surface area contributed by atoms with E-state index in [0.717, 1.165) is 12.8 Å². The van der Waals surface area contributed by atoms with Gasteiger partial charge in [-0.3, -0.25) is 14.3 Å². The molecule has 0 aromatic carbocycles. The lowest BCUT2D eigenvalue weighted by molar-refractivity contribution is -0.00489. The number of hydrogen-bond acceptors (Lipinski definition) is 6. The molecule has 150 valence electrons. The summed E-state index contributed by atoms with van der Waals surface area (Å²) in [7, 11) is -1.52. The van der Waals surface area contributed by atoms with Crippen molar-refractivity contribution in [2.24, 2.45) is 12.8 Å². The molecule has 0 atom stereocenters. The summed E-state index contributed by atoms with van der Waals surface area (Å²) in [6.45, 7) is 3.33. The van der Waals surface area contributed by atoms with Crippen LogP contribution in [0.3, 0.4) is 0 Å². The van der Waals surface area contributed by atoms with Crippen LogP contribution in [0.2, 0.25) is 0 Å². The fourth-order valence-corrected chi connectivity index (χ4v) is 5.17. The highest BCUT2D eigenvalue weighted by Crippen LogP contribution is 2.28. The van der Waals surface area contributed by atoms with Crippen molar-refractivity contribution >= 4 is 21.7 Å². The number of primary amides is 1. The van der Waals surface area contributed by atoms with Gasteiger partial charge in [0.1, 0.15) is 10.4 Å². The van der Waals surface area contributed by atoms with Crippen molar-refractivity contribution in [3.63, 3.8) is 0 Å². The first-order chi connectivity index (χ1) is 12.7. The largest absolute Gasteiger partial charge is 0.378 e. The average molecular weight is 398 g/mol. The number of hydrogen-bond donors (Lipinski definition) is 1. The number of carbonyl (C=O) groups is 2. The highest BCUT2D eigenvalue weighted by Gasteiger charge is 2.45. The number of carbonyl (C=O) groups excluding carboxylic acids is 2. The van der Waals surface area contributed by atoms with E-state index in [-0.39, 0.29) is 30.6 Å². The summed E-state index contributed by atoms with van der Waals surface area (Å²) < 4.78 is 30.3. The van der Waals surface area contributed by atoms with Crippen molar-refractivity contribution in [1.82, 2.24) is 14.7 Å². The third kappa shape index (κ3) is 3.60. The molecule has 1 saturated heterocycles. The van der Waals surface area contributed by atoms with Crippen molar-refractivity contribution in [2.45, 2.75) is 37.4 Å². The molecule has 2 aliphatic heterocycles. The molecular formula is C17H26N4O5S. The first kappa shape index (κ1) is 19.8. The Morgan fingerprint density at radius 1 is 1.30 bits per heavy atom. The molecule has 2 N–H and O–H groups in total. The van der Waals surface area contributed by atoms with Gasteiger partial charge in [-0.2, -0.15) is 5.10 Å². The molecule has 27 heavy (non-hydrogen) atoms. The van der Waals surface area contributed by atoms with Crippen molar-refractivity contribution in [3.05, 3.63) is 17.0 Å². The Kier molecular flexibility index (Phi) is 5.31. The summed E-state index contributed by atoms with van der Waals surface area (Å²) in [5, 5.41) is 4.07. The van der Waals surface area contributed by atoms with Crippen LogP contribution >= 0.6 is 0 Å². The van der Waals surface area contributed by atoms with Gasteiger partial charge in [0.2, 0.25) is 0 Å². The molecule has 10 heteroatoms. The molecule has 3 heterocycles. The van der Waals surface area contributed by atoms with Crippen LogP contribution in [-0.2, 0) is 28.0 Å². The minimum atomic E-state index is -3.15. The Labute approximate surface area is 158 Å². The maximum atomic E-state index is 12.7. The lowest BCUT2D eigenvalue weighted by Gasteiger charge is -2.37. The van der Waals surface area contributed by atoms with Crippen molar-refractivity contribution < 1.29 is 22.7 Å². The highest BCUT2D eigenvalue weighted by molar-refractivity contribution is 7.92. The molecule has 0 unspecified atom stereocenters. The normalized spacial score (nSPS) is 18.9. The standard InChI is InChI=1S/C17H26N4O5S/c1-17(10-26-11-17)27(24,25)9-5-3-4-7-21-8-6-12-13(15(18)22)19-20(2)14(12)16(21)23/h3-11H2,1-2H3,(H2,18,22). The number of nitrogens with two attached hydrogens (primary N) is 1. The first-order valence-electron chi connectivity index (χ1n) is 9.11. The predicted molar refractivity (Wildman–Crippen MR) is 98.2 cm³/mol. The number of amides is 2. The zero-order chi connectivity index (χ0) is 19.8. The minimum absolute atomic E-state index is 0.147. The van der Waals surface area contributed by atoms with Crippen LogP contribution in [0.15, 0.2) is 0 Å². The van der Waals surface area contributed by atoms with Crippen molar-refractivity contribution in [1.29, 1.82) is 0 Å². The van der Waals surface area contributed by atoms with Crippen LogP contribution in [0.25, 0.3) is 0 Å². The number of fused-ring (bicyclic) bond motifs is 1. The molecule has 0 bridgehead atoms. The summed E-state index contributed by atoms with van der Waals surface area (Å²) in [5.74, 6) is -0.639. The third-order valence-electron chi connectivity index (χ3n) is 5.41. The highest BCUT2D eigenvalue weighted by atomic mass is 32.2. The SMILES string of the molecule is Cn1nc(C(N)=O)c2c1C(=O)N(CCCCCS(=O)(=O)C1(C)COC1)CC2. The summed E-state index contributed by atoms with van der Waals surface area (Å²) in [6, 6.07) is 0. The van der Waals surface area contributed by atoms with Gasteiger partial charge in [0.05, 0.1) is 19.0 Å². The molecule has 0 spiro atoms. The molecule has 2 aliphatic rings. The monoisotopic (exact) mass is 398 g/mol. The third-order valence-corrected chi connectivity index (χ3v) is 7.97. The van der Waals surface area contributed by atoms with Gasteiger partial charge >= 0.3 is 0 Å². The second kappa shape index (κ2) is 7.23. The number of ether oxygens (including phenoxy) is 1. The van der Waals surface area contributed by atoms with E-state index in [2.05, 4.69) is 5.10 Å². The Hall–Kier alpha value is -1.94. The number of unbranched alkanes of at least 4 members (excludes halogenated alkanes) is 2. The van der Waals surface area contributed by atoms with Crippen LogP contribution < -0.4 is 5.73 Å². The van der Waals surface area contributed by atoms with E-state index < -0.39 is 20.5 Å². The summed E-state index contributed by atoms with van der Waals surface area (Å²) in [6.07, 6.45) is 2.57. The Bertz CT molecular complexity index is 857. The van der Waals surface area contributed by atoms with Crippen LogP contribution in [0, 0.1) is 0 Å². The molecule has 9 nitrogen and oxygen atoms in total. The number of aryl methyl sites for hydroxylation is 1. The molecule has 1 aromatic heterocycles. The summed E-state index contributed by atoms with van der Waals surface area (Å²) in [4.78, 5) is 25.9. The van der Waals surface area contributed by atoms with Gasteiger partial charge < -0.3 is 15.4 Å². The molecular weight excluding hydrogens is 372 g/mol. The topological polar surface area (TPSA) is 125 Å². The fourth-order valence-electron chi connectivity index (χ4n) is 3.57. The second-order valence-corrected chi connectivity index (χ2v) is 10.2. The number of aromatic nitrogens is 2. The Balaban J connectivity index is 1.50. The van der Waals surface area contributed by atoms with Crippen molar-refractivity contribution in [2.75, 3.05) is 32.1 Å². The van der Waals surface area contributed by atoms with Crippen LogP contribution in [0.1, 0.15) is 52.7 Å². The van der Waals surface area contributed by atoms with Gasteiger partial charge in [-0.15, -0.1) is 0 Å². The summed E-state index contributed by atoms with van der Waals surface area (Å²) >= 11 is 0. The lowest BCUT2D eigenvalue weighted by atomic mass is 10.0. The molecule has 0 saturated carbocycles.